The number of hydrogen-bond donors (Lipinski definition) is 1. The first kappa shape index (κ1) is 21.0. The maximum atomic E-state index is 12.5. The zero-order chi connectivity index (χ0) is 21.7. The molecule has 0 aliphatic rings. The minimum Gasteiger partial charge on any atom is -0.448 e. The van der Waals surface area contributed by atoms with Crippen LogP contribution in [0.3, 0.4) is 0 Å². The summed E-state index contributed by atoms with van der Waals surface area (Å²) in [7, 11) is 0. The maximum Gasteiger partial charge on any atom is 0.387 e. The van der Waals surface area contributed by atoms with Gasteiger partial charge in [0.05, 0.1) is 5.69 Å². The van der Waals surface area contributed by atoms with Gasteiger partial charge in [0.25, 0.3) is 5.91 Å². The van der Waals surface area contributed by atoms with Gasteiger partial charge in [-0.2, -0.15) is 8.78 Å². The number of hydrogen-bond acceptors (Lipinski definition) is 6. The Bertz CT molecular complexity index is 1040. The first-order chi connectivity index (χ1) is 14.3. The van der Waals surface area contributed by atoms with Crippen molar-refractivity contribution in [2.75, 3.05) is 5.32 Å². The van der Waals surface area contributed by atoms with E-state index in [-0.39, 0.29) is 28.8 Å². The Morgan fingerprint density at radius 1 is 1.07 bits per heavy atom. The lowest BCUT2D eigenvalue weighted by Gasteiger charge is -2.15. The number of halogens is 2. The summed E-state index contributed by atoms with van der Waals surface area (Å²) in [4.78, 5) is 28.9. The van der Waals surface area contributed by atoms with Gasteiger partial charge >= 0.3 is 12.6 Å². The van der Waals surface area contributed by atoms with E-state index in [0.29, 0.717) is 5.56 Å². The van der Waals surface area contributed by atoms with E-state index >= 15 is 0 Å². The predicted molar refractivity (Wildman–Crippen MR) is 103 cm³/mol. The number of benzene rings is 2. The topological polar surface area (TPSA) is 90.7 Å². The summed E-state index contributed by atoms with van der Waals surface area (Å²) in [6.45, 7) is -0.150. The molecule has 0 unspecified atom stereocenters. The first-order valence-corrected chi connectivity index (χ1v) is 8.93. The molecule has 1 N–H and O–H groups in total. The van der Waals surface area contributed by atoms with Crippen LogP contribution in [0.15, 0.2) is 59.0 Å². The van der Waals surface area contributed by atoms with Gasteiger partial charge in [-0.1, -0.05) is 30.3 Å². The second-order valence-electron chi connectivity index (χ2n) is 6.20. The number of nitrogens with one attached hydrogen (secondary N) is 1. The van der Waals surface area contributed by atoms with Gasteiger partial charge in [-0.3, -0.25) is 4.79 Å². The second kappa shape index (κ2) is 9.17. The fourth-order valence-corrected chi connectivity index (χ4v) is 2.56. The van der Waals surface area contributed by atoms with Crippen molar-refractivity contribution in [3.63, 3.8) is 0 Å². The largest absolute Gasteiger partial charge is 0.448 e. The first-order valence-electron chi connectivity index (χ1n) is 8.93. The number of alkyl halides is 2. The molecule has 156 valence electrons. The maximum absolute atomic E-state index is 12.5. The summed E-state index contributed by atoms with van der Waals surface area (Å²) < 4.78 is 40.0. The monoisotopic (exact) mass is 416 g/mol. The lowest BCUT2D eigenvalue weighted by Crippen LogP contribution is -2.30. The number of ether oxygens (including phenoxy) is 2. The second-order valence-corrected chi connectivity index (χ2v) is 6.20. The smallest absolute Gasteiger partial charge is 0.387 e. The van der Waals surface area contributed by atoms with Gasteiger partial charge in [0.1, 0.15) is 11.5 Å². The molecule has 3 aromatic rings. The van der Waals surface area contributed by atoms with Crippen LogP contribution in [0.25, 0.3) is 11.5 Å². The number of carbonyl (C=O) groups excluding carboxylic acids is 2. The van der Waals surface area contributed by atoms with Crippen LogP contribution < -0.4 is 10.1 Å². The summed E-state index contributed by atoms with van der Waals surface area (Å²) >= 11 is 0. The van der Waals surface area contributed by atoms with Crippen LogP contribution in [0.4, 0.5) is 14.5 Å². The number of amides is 1. The van der Waals surface area contributed by atoms with Crippen LogP contribution in [-0.2, 0) is 9.53 Å². The molecular weight excluding hydrogens is 398 g/mol. The highest BCUT2D eigenvalue weighted by Gasteiger charge is 2.25. The molecule has 30 heavy (non-hydrogen) atoms. The lowest BCUT2D eigenvalue weighted by molar-refractivity contribution is -0.123. The highest BCUT2D eigenvalue weighted by molar-refractivity contribution is 5.98. The Kier molecular flexibility index (Phi) is 6.41. The average Bonchev–Trinajstić information content (AvgIpc) is 3.11. The van der Waals surface area contributed by atoms with E-state index < -0.39 is 24.6 Å². The van der Waals surface area contributed by atoms with Gasteiger partial charge in [0.15, 0.2) is 11.8 Å². The van der Waals surface area contributed by atoms with E-state index in [0.717, 1.165) is 0 Å². The summed E-state index contributed by atoms with van der Waals surface area (Å²) in [5.41, 5.74) is 0.644. The molecule has 0 radical (unpaired) electrons. The zero-order valence-corrected chi connectivity index (χ0v) is 16.1. The van der Waals surface area contributed by atoms with Crippen molar-refractivity contribution in [1.82, 2.24) is 4.98 Å². The van der Waals surface area contributed by atoms with Crippen LogP contribution in [0.5, 0.6) is 5.75 Å². The summed E-state index contributed by atoms with van der Waals surface area (Å²) in [6.07, 6.45) is -1.23. The minimum absolute atomic E-state index is 0.0229. The Morgan fingerprint density at radius 2 is 1.73 bits per heavy atom. The molecule has 3 rings (SSSR count). The molecule has 0 fully saturated rings. The van der Waals surface area contributed by atoms with Crippen LogP contribution in [0.2, 0.25) is 0 Å². The number of aromatic nitrogens is 1. The van der Waals surface area contributed by atoms with Crippen molar-refractivity contribution >= 4 is 17.6 Å². The molecule has 0 spiro atoms. The van der Waals surface area contributed by atoms with Crippen molar-refractivity contribution in [3.05, 3.63) is 66.1 Å². The fourth-order valence-electron chi connectivity index (χ4n) is 2.56. The van der Waals surface area contributed by atoms with E-state index in [1.165, 1.54) is 31.2 Å². The molecule has 0 bridgehead atoms. The third kappa shape index (κ3) is 4.99. The lowest BCUT2D eigenvalue weighted by atomic mass is 10.2. The quantitative estimate of drug-likeness (QED) is 0.573. The Balaban J connectivity index is 1.68. The number of para-hydroxylation sites is 2. The summed E-state index contributed by atoms with van der Waals surface area (Å²) in [6, 6.07) is 14.7. The van der Waals surface area contributed by atoms with E-state index in [9.17, 15) is 18.4 Å². The standard InChI is InChI=1S/C21H18F2N2O5/c1-12-17(25-19(28-12)14-8-4-3-5-9-14)20(27)29-13(2)18(26)24-15-10-6-7-11-16(15)30-21(22)23/h3-11,13,21H,1-2H3,(H,24,26)/t13-/m0/s1. The number of rotatable bonds is 7. The third-order valence-corrected chi connectivity index (χ3v) is 4.02. The van der Waals surface area contributed by atoms with Crippen LogP contribution in [0, 0.1) is 6.92 Å². The van der Waals surface area contributed by atoms with E-state index in [1.807, 2.05) is 6.07 Å². The Morgan fingerprint density at radius 3 is 2.43 bits per heavy atom. The van der Waals surface area contributed by atoms with Crippen molar-refractivity contribution in [2.24, 2.45) is 0 Å². The number of esters is 1. The van der Waals surface area contributed by atoms with Gasteiger partial charge in [-0.15, -0.1) is 0 Å². The summed E-state index contributed by atoms with van der Waals surface area (Å²) in [5.74, 6) is -1.30. The predicted octanol–water partition coefficient (Wildman–Crippen LogP) is 4.44. The fraction of sp³-hybridized carbons (Fsp3) is 0.190. The highest BCUT2D eigenvalue weighted by atomic mass is 19.3. The zero-order valence-electron chi connectivity index (χ0n) is 16.1. The van der Waals surface area contributed by atoms with Crippen LogP contribution in [-0.4, -0.2) is 29.6 Å². The van der Waals surface area contributed by atoms with E-state index in [1.54, 1.807) is 31.2 Å². The highest BCUT2D eigenvalue weighted by Crippen LogP contribution is 2.26. The van der Waals surface area contributed by atoms with E-state index in [2.05, 4.69) is 15.0 Å². The molecule has 2 aromatic carbocycles. The van der Waals surface area contributed by atoms with Crippen molar-refractivity contribution in [3.8, 4) is 17.2 Å². The molecule has 0 saturated heterocycles. The van der Waals surface area contributed by atoms with Crippen molar-refractivity contribution in [1.29, 1.82) is 0 Å². The molecule has 0 aliphatic carbocycles. The molecule has 1 amide bonds. The number of anilines is 1. The molecular formula is C21H18F2N2O5. The SMILES string of the molecule is Cc1oc(-c2ccccc2)nc1C(=O)O[C@@H](C)C(=O)Nc1ccccc1OC(F)F. The summed E-state index contributed by atoms with van der Waals surface area (Å²) in [5, 5.41) is 2.40. The number of nitrogens with zero attached hydrogens (tertiary/aromatic N) is 1. The Hall–Kier alpha value is -3.75. The molecule has 1 heterocycles. The van der Waals surface area contributed by atoms with E-state index in [4.69, 9.17) is 9.15 Å². The van der Waals surface area contributed by atoms with Crippen molar-refractivity contribution in [2.45, 2.75) is 26.6 Å². The van der Waals surface area contributed by atoms with Gasteiger partial charge in [0.2, 0.25) is 5.89 Å². The average molecular weight is 416 g/mol. The third-order valence-electron chi connectivity index (χ3n) is 4.02. The number of aryl methyl sites for hydroxylation is 1. The Labute approximate surface area is 170 Å². The molecule has 0 saturated carbocycles. The molecule has 1 aromatic heterocycles. The number of oxazole rings is 1. The molecule has 0 aliphatic heterocycles. The van der Waals surface area contributed by atoms with Crippen LogP contribution >= 0.6 is 0 Å². The van der Waals surface area contributed by atoms with Gasteiger partial charge < -0.3 is 19.2 Å². The van der Waals surface area contributed by atoms with Crippen LogP contribution in [0.1, 0.15) is 23.2 Å². The number of carbonyl (C=O) groups is 2. The van der Waals surface area contributed by atoms with Gasteiger partial charge in [0, 0.05) is 5.56 Å². The normalized spacial score (nSPS) is 11.8. The molecule has 1 atom stereocenters. The minimum atomic E-state index is -3.05. The molecule has 7 nitrogen and oxygen atoms in total. The van der Waals surface area contributed by atoms with Gasteiger partial charge in [-0.05, 0) is 38.1 Å². The van der Waals surface area contributed by atoms with Gasteiger partial charge in [-0.25, -0.2) is 9.78 Å². The molecule has 9 heteroatoms. The van der Waals surface area contributed by atoms with Crippen molar-refractivity contribution < 1.29 is 32.3 Å².